The summed E-state index contributed by atoms with van der Waals surface area (Å²) in [4.78, 5) is 2.59. The van der Waals surface area contributed by atoms with Crippen LogP contribution in [-0.4, -0.2) is 47.6 Å². The minimum atomic E-state index is 0.589. The summed E-state index contributed by atoms with van der Waals surface area (Å²) >= 11 is 2.07. The molecule has 1 atom stereocenters. The van der Waals surface area contributed by atoms with Crippen LogP contribution >= 0.6 is 11.8 Å². The molecule has 0 radical (unpaired) electrons. The molecule has 1 saturated heterocycles. The topological polar surface area (TPSA) is 15.3 Å². The van der Waals surface area contributed by atoms with Crippen molar-refractivity contribution < 1.29 is 0 Å². The summed E-state index contributed by atoms with van der Waals surface area (Å²) in [6.07, 6.45) is 7.88. The Morgan fingerprint density at radius 2 is 2.19 bits per heavy atom. The van der Waals surface area contributed by atoms with Crippen molar-refractivity contribution in [3.63, 3.8) is 0 Å². The molecule has 0 aromatic heterocycles. The summed E-state index contributed by atoms with van der Waals surface area (Å²) in [6.45, 7) is 8.36. The van der Waals surface area contributed by atoms with E-state index < -0.39 is 0 Å². The van der Waals surface area contributed by atoms with Gasteiger partial charge < -0.3 is 5.32 Å². The lowest BCUT2D eigenvalue weighted by Crippen LogP contribution is -2.47. The second-order valence-electron chi connectivity index (χ2n) is 5.70. The van der Waals surface area contributed by atoms with Crippen molar-refractivity contribution in [2.24, 2.45) is 0 Å². The van der Waals surface area contributed by atoms with E-state index in [0.29, 0.717) is 10.8 Å². The first kappa shape index (κ1) is 12.7. The number of thioether (sulfide) groups is 1. The van der Waals surface area contributed by atoms with Gasteiger partial charge in [0.25, 0.3) is 0 Å². The number of hydrogen-bond acceptors (Lipinski definition) is 3. The summed E-state index contributed by atoms with van der Waals surface area (Å²) in [5, 5.41) is 3.80. The van der Waals surface area contributed by atoms with E-state index in [1.807, 2.05) is 0 Å². The van der Waals surface area contributed by atoms with Gasteiger partial charge in [-0.3, -0.25) is 4.90 Å². The minimum absolute atomic E-state index is 0.589. The van der Waals surface area contributed by atoms with Crippen molar-refractivity contribution >= 4 is 11.8 Å². The average molecular weight is 242 g/mol. The van der Waals surface area contributed by atoms with Crippen molar-refractivity contribution in [3.05, 3.63) is 0 Å². The molecule has 3 heteroatoms. The molecule has 16 heavy (non-hydrogen) atoms. The Morgan fingerprint density at radius 3 is 2.62 bits per heavy atom. The van der Waals surface area contributed by atoms with Gasteiger partial charge in [0.05, 0.1) is 0 Å². The Kier molecular flexibility index (Phi) is 4.20. The molecule has 2 fully saturated rings. The molecule has 1 saturated carbocycles. The molecular formula is C13H26N2S. The van der Waals surface area contributed by atoms with E-state index in [-0.39, 0.29) is 0 Å². The Hall–Kier alpha value is 0.270. The van der Waals surface area contributed by atoms with Gasteiger partial charge in [-0.2, -0.15) is 11.8 Å². The predicted octanol–water partition coefficient (Wildman–Crippen LogP) is 2.34. The van der Waals surface area contributed by atoms with E-state index in [4.69, 9.17) is 0 Å². The smallest absolute Gasteiger partial charge is 0.0281 e. The van der Waals surface area contributed by atoms with Crippen LogP contribution in [0.5, 0.6) is 0 Å². The van der Waals surface area contributed by atoms with Crippen molar-refractivity contribution in [3.8, 4) is 0 Å². The molecule has 0 aromatic carbocycles. The van der Waals surface area contributed by atoms with Gasteiger partial charge in [-0.05, 0) is 45.9 Å². The highest BCUT2D eigenvalue weighted by atomic mass is 32.2. The first-order valence-corrected chi connectivity index (χ1v) is 7.90. The van der Waals surface area contributed by atoms with Gasteiger partial charge in [0.15, 0.2) is 0 Å². The molecule has 0 spiro atoms. The van der Waals surface area contributed by atoms with Crippen LogP contribution in [-0.2, 0) is 0 Å². The van der Waals surface area contributed by atoms with Crippen LogP contribution in [0.25, 0.3) is 0 Å². The third-order valence-electron chi connectivity index (χ3n) is 4.36. The van der Waals surface area contributed by atoms with Gasteiger partial charge in [-0.15, -0.1) is 0 Å². The average Bonchev–Trinajstić information content (AvgIpc) is 2.65. The Bertz CT molecular complexity index is 220. The van der Waals surface area contributed by atoms with Crippen LogP contribution in [0.3, 0.4) is 0 Å². The maximum atomic E-state index is 3.80. The quantitative estimate of drug-likeness (QED) is 0.797. The van der Waals surface area contributed by atoms with Crippen LogP contribution in [0, 0.1) is 0 Å². The van der Waals surface area contributed by atoms with Gasteiger partial charge >= 0.3 is 0 Å². The first-order chi connectivity index (χ1) is 7.65. The molecule has 0 amide bonds. The largest absolute Gasteiger partial charge is 0.311 e. The molecule has 1 N–H and O–H groups in total. The molecule has 0 bridgehead atoms. The van der Waals surface area contributed by atoms with Crippen molar-refractivity contribution in [1.29, 1.82) is 0 Å². The molecule has 1 unspecified atom stereocenters. The van der Waals surface area contributed by atoms with E-state index in [9.17, 15) is 0 Å². The monoisotopic (exact) mass is 242 g/mol. The zero-order valence-corrected chi connectivity index (χ0v) is 11.8. The molecule has 0 aromatic rings. The fraction of sp³-hybridized carbons (Fsp3) is 1.00. The lowest BCUT2D eigenvalue weighted by Gasteiger charge is -2.41. The molecule has 2 aliphatic rings. The lowest BCUT2D eigenvalue weighted by atomic mass is 9.84. The van der Waals surface area contributed by atoms with Gasteiger partial charge in [-0.25, -0.2) is 0 Å². The Morgan fingerprint density at radius 1 is 1.44 bits per heavy atom. The molecule has 2 nitrogen and oxygen atoms in total. The number of nitrogens with zero attached hydrogens (tertiary/aromatic N) is 1. The highest BCUT2D eigenvalue weighted by molar-refractivity contribution is 8.00. The molecule has 1 heterocycles. The molecular weight excluding hydrogens is 216 g/mol. The summed E-state index contributed by atoms with van der Waals surface area (Å²) in [7, 11) is 0. The van der Waals surface area contributed by atoms with Gasteiger partial charge in [0.1, 0.15) is 0 Å². The van der Waals surface area contributed by atoms with E-state index in [1.54, 1.807) is 0 Å². The fourth-order valence-electron chi connectivity index (χ4n) is 2.78. The molecule has 94 valence electrons. The second kappa shape index (κ2) is 5.28. The van der Waals surface area contributed by atoms with E-state index in [1.165, 1.54) is 45.3 Å². The predicted molar refractivity (Wildman–Crippen MR) is 73.2 cm³/mol. The highest BCUT2D eigenvalue weighted by Gasteiger charge is 2.36. The zero-order chi connectivity index (χ0) is 11.6. The number of rotatable bonds is 5. The maximum Gasteiger partial charge on any atom is 0.0281 e. The Labute approximate surface area is 105 Å². The van der Waals surface area contributed by atoms with Gasteiger partial charge in [0, 0.05) is 29.9 Å². The second-order valence-corrected chi connectivity index (χ2v) is 6.97. The van der Waals surface area contributed by atoms with Crippen LogP contribution in [0.15, 0.2) is 0 Å². The normalized spacial score (nSPS) is 29.6. The van der Waals surface area contributed by atoms with Crippen molar-refractivity contribution in [2.45, 2.75) is 56.4 Å². The third kappa shape index (κ3) is 2.74. The van der Waals surface area contributed by atoms with Crippen LogP contribution in [0.1, 0.15) is 39.5 Å². The summed E-state index contributed by atoms with van der Waals surface area (Å²) < 4.78 is 0.589. The summed E-state index contributed by atoms with van der Waals surface area (Å²) in [5.41, 5.74) is 0. The van der Waals surface area contributed by atoms with Crippen molar-refractivity contribution in [2.75, 3.05) is 25.9 Å². The molecule has 1 aliphatic carbocycles. The van der Waals surface area contributed by atoms with E-state index in [2.05, 4.69) is 42.1 Å². The fourth-order valence-corrected chi connectivity index (χ4v) is 3.70. The Balaban J connectivity index is 1.71. The summed E-state index contributed by atoms with van der Waals surface area (Å²) in [5.74, 6) is 0. The summed E-state index contributed by atoms with van der Waals surface area (Å²) in [6, 6.07) is 1.46. The maximum absolute atomic E-state index is 3.80. The number of hydrogen-bond donors (Lipinski definition) is 1. The minimum Gasteiger partial charge on any atom is -0.311 e. The van der Waals surface area contributed by atoms with Crippen LogP contribution in [0.4, 0.5) is 0 Å². The lowest BCUT2D eigenvalue weighted by molar-refractivity contribution is 0.263. The molecule has 2 rings (SSSR count). The van der Waals surface area contributed by atoms with Crippen molar-refractivity contribution in [1.82, 2.24) is 10.2 Å². The van der Waals surface area contributed by atoms with Crippen LogP contribution in [0.2, 0.25) is 0 Å². The van der Waals surface area contributed by atoms with Gasteiger partial charge in [0.2, 0.25) is 0 Å². The SMILES string of the molecule is CSC1(CNC2CCN(C(C)C)C2)CCC1. The zero-order valence-electron chi connectivity index (χ0n) is 11.0. The van der Waals surface area contributed by atoms with Gasteiger partial charge in [-0.1, -0.05) is 6.42 Å². The third-order valence-corrected chi connectivity index (χ3v) is 5.78. The highest BCUT2D eigenvalue weighted by Crippen LogP contribution is 2.42. The van der Waals surface area contributed by atoms with E-state index >= 15 is 0 Å². The van der Waals surface area contributed by atoms with E-state index in [0.717, 1.165) is 6.04 Å². The number of nitrogens with one attached hydrogen (secondary N) is 1. The first-order valence-electron chi connectivity index (χ1n) is 6.68. The molecule has 1 aliphatic heterocycles. The van der Waals surface area contributed by atoms with Crippen LogP contribution < -0.4 is 5.32 Å². The number of likely N-dealkylation sites (tertiary alicyclic amines) is 1. The standard InChI is InChI=1S/C13H26N2S/c1-11(2)15-8-5-12(9-15)14-10-13(16-3)6-4-7-13/h11-12,14H,4-10H2,1-3H3.